The van der Waals surface area contributed by atoms with Crippen LogP contribution in [-0.4, -0.2) is 33.8 Å². The van der Waals surface area contributed by atoms with Crippen LogP contribution in [0.1, 0.15) is 38.5 Å². The Balaban J connectivity index is 1.65. The molecule has 2 N–H and O–H groups in total. The molecule has 1 unspecified atom stereocenters. The number of nitrogens with one attached hydrogen (secondary N) is 2. The molecule has 0 radical (unpaired) electrons. The van der Waals surface area contributed by atoms with Gasteiger partial charge in [-0.25, -0.2) is 13.1 Å². The third-order valence-electron chi connectivity index (χ3n) is 3.97. The summed E-state index contributed by atoms with van der Waals surface area (Å²) in [5, 5.41) is 3.30. The number of hydrogen-bond acceptors (Lipinski definition) is 3. The van der Waals surface area contributed by atoms with Gasteiger partial charge in [-0.15, -0.1) is 0 Å². The molecule has 2 aliphatic rings. The minimum absolute atomic E-state index is 0.343. The minimum atomic E-state index is -3.03. The van der Waals surface area contributed by atoms with Gasteiger partial charge in [0.2, 0.25) is 10.0 Å². The molecule has 0 aromatic heterocycles. The summed E-state index contributed by atoms with van der Waals surface area (Å²) in [6.07, 6.45) is 6.74. The molecule has 100 valence electrons. The fraction of sp³-hybridized carbons (Fsp3) is 1.00. The first-order valence-electron chi connectivity index (χ1n) is 6.84. The zero-order chi connectivity index (χ0) is 12.1. The van der Waals surface area contributed by atoms with Crippen LogP contribution in [0.15, 0.2) is 0 Å². The SMILES string of the molecule is O=S(=O)(CC1CCCC1)NCCC1CCNC1. The predicted molar refractivity (Wildman–Crippen MR) is 69.3 cm³/mol. The molecular formula is C12H24N2O2S. The lowest BCUT2D eigenvalue weighted by Crippen LogP contribution is -2.31. The molecule has 0 spiro atoms. The Labute approximate surface area is 105 Å². The molecule has 2 fully saturated rings. The highest BCUT2D eigenvalue weighted by Gasteiger charge is 2.22. The van der Waals surface area contributed by atoms with Gasteiger partial charge in [0, 0.05) is 6.54 Å². The Morgan fingerprint density at radius 2 is 1.88 bits per heavy atom. The first-order chi connectivity index (χ1) is 8.16. The molecule has 4 nitrogen and oxygen atoms in total. The van der Waals surface area contributed by atoms with Crippen molar-refractivity contribution in [2.75, 3.05) is 25.4 Å². The maximum Gasteiger partial charge on any atom is 0.211 e. The van der Waals surface area contributed by atoms with Crippen LogP contribution < -0.4 is 10.0 Å². The van der Waals surface area contributed by atoms with E-state index in [1.807, 2.05) is 0 Å². The van der Waals surface area contributed by atoms with Gasteiger partial charge in [0.25, 0.3) is 0 Å². The molecule has 0 amide bonds. The van der Waals surface area contributed by atoms with Crippen LogP contribution in [0.2, 0.25) is 0 Å². The average Bonchev–Trinajstić information content (AvgIpc) is 2.89. The van der Waals surface area contributed by atoms with E-state index >= 15 is 0 Å². The van der Waals surface area contributed by atoms with Crippen LogP contribution in [0.25, 0.3) is 0 Å². The second-order valence-electron chi connectivity index (χ2n) is 5.47. The summed E-state index contributed by atoms with van der Waals surface area (Å²) in [6.45, 7) is 2.74. The Kier molecular flexibility index (Phi) is 4.82. The fourth-order valence-corrected chi connectivity index (χ4v) is 4.43. The Bertz CT molecular complexity index is 317. The first kappa shape index (κ1) is 13.3. The molecule has 1 aliphatic carbocycles. The molecule has 1 saturated heterocycles. The summed E-state index contributed by atoms with van der Waals surface area (Å²) >= 11 is 0. The van der Waals surface area contributed by atoms with Gasteiger partial charge in [-0.1, -0.05) is 12.8 Å². The van der Waals surface area contributed by atoms with E-state index in [1.165, 1.54) is 19.3 Å². The summed E-state index contributed by atoms with van der Waals surface area (Å²) in [5.74, 6) is 1.40. The molecule has 0 aromatic carbocycles. The quantitative estimate of drug-likeness (QED) is 0.752. The lowest BCUT2D eigenvalue weighted by atomic mass is 10.1. The maximum atomic E-state index is 11.8. The topological polar surface area (TPSA) is 58.2 Å². The van der Waals surface area contributed by atoms with Crippen molar-refractivity contribution in [3.63, 3.8) is 0 Å². The monoisotopic (exact) mass is 260 g/mol. The van der Waals surface area contributed by atoms with Gasteiger partial charge in [-0.2, -0.15) is 0 Å². The van der Waals surface area contributed by atoms with Crippen LogP contribution in [-0.2, 0) is 10.0 Å². The normalized spacial score (nSPS) is 26.7. The second kappa shape index (κ2) is 6.16. The average molecular weight is 260 g/mol. The van der Waals surface area contributed by atoms with E-state index in [-0.39, 0.29) is 0 Å². The lowest BCUT2D eigenvalue weighted by molar-refractivity contribution is 0.512. The van der Waals surface area contributed by atoms with Crippen LogP contribution >= 0.6 is 0 Å². The standard InChI is InChI=1S/C12H24N2O2S/c15-17(16,10-12-3-1-2-4-12)14-8-6-11-5-7-13-9-11/h11-14H,1-10H2. The summed E-state index contributed by atoms with van der Waals surface area (Å²) in [7, 11) is -3.03. The van der Waals surface area contributed by atoms with Gasteiger partial charge in [0.05, 0.1) is 5.75 Å². The molecule has 0 bridgehead atoms. The molecule has 1 saturated carbocycles. The minimum Gasteiger partial charge on any atom is -0.316 e. The Morgan fingerprint density at radius 1 is 1.12 bits per heavy atom. The summed E-state index contributed by atoms with van der Waals surface area (Å²) in [6, 6.07) is 0. The van der Waals surface area contributed by atoms with Gasteiger partial charge in [0.1, 0.15) is 0 Å². The highest BCUT2D eigenvalue weighted by atomic mass is 32.2. The van der Waals surface area contributed by atoms with E-state index in [0.29, 0.717) is 24.1 Å². The van der Waals surface area contributed by atoms with Crippen molar-refractivity contribution >= 4 is 10.0 Å². The fourth-order valence-electron chi connectivity index (χ4n) is 2.93. The van der Waals surface area contributed by atoms with E-state index in [0.717, 1.165) is 32.4 Å². The van der Waals surface area contributed by atoms with E-state index in [2.05, 4.69) is 10.0 Å². The van der Waals surface area contributed by atoms with Crippen LogP contribution in [0.3, 0.4) is 0 Å². The highest BCUT2D eigenvalue weighted by Crippen LogP contribution is 2.25. The van der Waals surface area contributed by atoms with Crippen molar-refractivity contribution in [1.82, 2.24) is 10.0 Å². The highest BCUT2D eigenvalue weighted by molar-refractivity contribution is 7.89. The van der Waals surface area contributed by atoms with Crippen LogP contribution in [0.5, 0.6) is 0 Å². The molecule has 2 rings (SSSR count). The van der Waals surface area contributed by atoms with Crippen molar-refractivity contribution in [2.24, 2.45) is 11.8 Å². The number of rotatable bonds is 6. The largest absolute Gasteiger partial charge is 0.316 e. The predicted octanol–water partition coefficient (Wildman–Crippen LogP) is 1.10. The van der Waals surface area contributed by atoms with Crippen molar-refractivity contribution in [1.29, 1.82) is 0 Å². The summed E-state index contributed by atoms with van der Waals surface area (Å²) in [4.78, 5) is 0. The molecule has 17 heavy (non-hydrogen) atoms. The van der Waals surface area contributed by atoms with Gasteiger partial charge >= 0.3 is 0 Å². The Morgan fingerprint density at radius 3 is 2.53 bits per heavy atom. The molecule has 5 heteroatoms. The van der Waals surface area contributed by atoms with E-state index in [9.17, 15) is 8.42 Å². The second-order valence-corrected chi connectivity index (χ2v) is 7.33. The molecule has 1 atom stereocenters. The molecule has 0 aromatic rings. The van der Waals surface area contributed by atoms with Gasteiger partial charge in [-0.05, 0) is 50.6 Å². The number of sulfonamides is 1. The van der Waals surface area contributed by atoms with E-state index in [1.54, 1.807) is 0 Å². The zero-order valence-electron chi connectivity index (χ0n) is 10.5. The third kappa shape index (κ3) is 4.56. The van der Waals surface area contributed by atoms with E-state index in [4.69, 9.17) is 0 Å². The smallest absolute Gasteiger partial charge is 0.211 e. The Hall–Kier alpha value is -0.130. The van der Waals surface area contributed by atoms with Gasteiger partial charge in [0.15, 0.2) is 0 Å². The molecular weight excluding hydrogens is 236 g/mol. The molecule has 1 aliphatic heterocycles. The zero-order valence-corrected chi connectivity index (χ0v) is 11.3. The number of hydrogen-bond donors (Lipinski definition) is 2. The molecule has 1 heterocycles. The summed E-state index contributed by atoms with van der Waals surface area (Å²) in [5.41, 5.74) is 0. The van der Waals surface area contributed by atoms with Crippen molar-refractivity contribution in [3.8, 4) is 0 Å². The summed E-state index contributed by atoms with van der Waals surface area (Å²) < 4.78 is 26.4. The van der Waals surface area contributed by atoms with Crippen LogP contribution in [0.4, 0.5) is 0 Å². The van der Waals surface area contributed by atoms with Gasteiger partial charge in [-0.3, -0.25) is 0 Å². The van der Waals surface area contributed by atoms with E-state index < -0.39 is 10.0 Å². The van der Waals surface area contributed by atoms with Gasteiger partial charge < -0.3 is 5.32 Å². The first-order valence-corrected chi connectivity index (χ1v) is 8.49. The van der Waals surface area contributed by atoms with Crippen LogP contribution in [0, 0.1) is 11.8 Å². The third-order valence-corrected chi connectivity index (χ3v) is 5.52. The lowest BCUT2D eigenvalue weighted by Gasteiger charge is -2.12. The van der Waals surface area contributed by atoms with Crippen molar-refractivity contribution in [3.05, 3.63) is 0 Å². The van der Waals surface area contributed by atoms with Crippen molar-refractivity contribution in [2.45, 2.75) is 38.5 Å². The van der Waals surface area contributed by atoms with Crippen molar-refractivity contribution < 1.29 is 8.42 Å². The maximum absolute atomic E-state index is 11.8.